The first-order valence-corrected chi connectivity index (χ1v) is 7.84. The molecule has 0 radical (unpaired) electrons. The third-order valence-electron chi connectivity index (χ3n) is 3.97. The Hall–Kier alpha value is -0.900. The van der Waals surface area contributed by atoms with Crippen LogP contribution in [0, 0.1) is 0 Å². The van der Waals surface area contributed by atoms with E-state index in [-0.39, 0.29) is 0 Å². The number of ether oxygens (including phenoxy) is 1. The predicted molar refractivity (Wildman–Crippen MR) is 83.9 cm³/mol. The van der Waals surface area contributed by atoms with Crippen LogP contribution in [-0.4, -0.2) is 43.3 Å². The molecule has 1 heterocycles. The minimum absolute atomic E-state index is 0.383. The standard InChI is InChI=1S/C17H28N2O/c1-4-16-13-19(10-11-20-16)17(12-18-14(2)3)15-8-6-5-7-9-15/h5-9,14,16-18H,4,10-13H2,1-3H3. The quantitative estimate of drug-likeness (QED) is 0.864. The zero-order valence-electron chi connectivity index (χ0n) is 13.0. The molecule has 2 rings (SSSR count). The van der Waals surface area contributed by atoms with Crippen LogP contribution < -0.4 is 5.32 Å². The molecule has 20 heavy (non-hydrogen) atoms. The number of hydrogen-bond donors (Lipinski definition) is 1. The summed E-state index contributed by atoms with van der Waals surface area (Å²) in [6.07, 6.45) is 1.48. The van der Waals surface area contributed by atoms with Crippen molar-refractivity contribution in [2.75, 3.05) is 26.2 Å². The van der Waals surface area contributed by atoms with E-state index in [2.05, 4.69) is 61.3 Å². The van der Waals surface area contributed by atoms with E-state index < -0.39 is 0 Å². The van der Waals surface area contributed by atoms with Crippen molar-refractivity contribution in [1.29, 1.82) is 0 Å². The van der Waals surface area contributed by atoms with Crippen molar-refractivity contribution in [1.82, 2.24) is 10.2 Å². The molecular formula is C17H28N2O. The van der Waals surface area contributed by atoms with Crippen molar-refractivity contribution < 1.29 is 4.74 Å². The molecular weight excluding hydrogens is 248 g/mol. The molecule has 0 aliphatic carbocycles. The summed E-state index contributed by atoms with van der Waals surface area (Å²) in [4.78, 5) is 2.57. The summed E-state index contributed by atoms with van der Waals surface area (Å²) >= 11 is 0. The van der Waals surface area contributed by atoms with E-state index in [1.807, 2.05) is 0 Å². The summed E-state index contributed by atoms with van der Waals surface area (Å²) in [5.41, 5.74) is 1.40. The molecule has 2 atom stereocenters. The van der Waals surface area contributed by atoms with Crippen molar-refractivity contribution >= 4 is 0 Å². The Morgan fingerprint density at radius 1 is 1.30 bits per heavy atom. The van der Waals surface area contributed by atoms with Gasteiger partial charge in [0.05, 0.1) is 12.7 Å². The van der Waals surface area contributed by atoms with Crippen LogP contribution in [-0.2, 0) is 4.74 Å². The lowest BCUT2D eigenvalue weighted by Crippen LogP contribution is -2.47. The lowest BCUT2D eigenvalue weighted by molar-refractivity contribution is -0.0449. The lowest BCUT2D eigenvalue weighted by atomic mass is 10.0. The van der Waals surface area contributed by atoms with E-state index >= 15 is 0 Å². The van der Waals surface area contributed by atoms with E-state index in [0.29, 0.717) is 18.2 Å². The largest absolute Gasteiger partial charge is 0.376 e. The van der Waals surface area contributed by atoms with Crippen LogP contribution in [0.25, 0.3) is 0 Å². The highest BCUT2D eigenvalue weighted by Crippen LogP contribution is 2.23. The Bertz CT molecular complexity index is 380. The van der Waals surface area contributed by atoms with Gasteiger partial charge in [0, 0.05) is 31.7 Å². The second-order valence-corrected chi connectivity index (χ2v) is 5.89. The maximum absolute atomic E-state index is 5.81. The smallest absolute Gasteiger partial charge is 0.0700 e. The van der Waals surface area contributed by atoms with Gasteiger partial charge in [0.2, 0.25) is 0 Å². The highest BCUT2D eigenvalue weighted by Gasteiger charge is 2.26. The van der Waals surface area contributed by atoms with Gasteiger partial charge in [-0.25, -0.2) is 0 Å². The summed E-state index contributed by atoms with van der Waals surface area (Å²) in [7, 11) is 0. The fourth-order valence-corrected chi connectivity index (χ4v) is 2.75. The molecule has 1 aromatic carbocycles. The molecule has 3 heteroatoms. The van der Waals surface area contributed by atoms with Gasteiger partial charge in [-0.2, -0.15) is 0 Å². The number of benzene rings is 1. The first kappa shape index (κ1) is 15.5. The van der Waals surface area contributed by atoms with E-state index in [9.17, 15) is 0 Å². The SMILES string of the molecule is CCC1CN(C(CNC(C)C)c2ccccc2)CCO1. The molecule has 1 fully saturated rings. The van der Waals surface area contributed by atoms with Gasteiger partial charge in [-0.05, 0) is 12.0 Å². The summed E-state index contributed by atoms with van der Waals surface area (Å²) in [5, 5.41) is 3.59. The highest BCUT2D eigenvalue weighted by atomic mass is 16.5. The molecule has 1 saturated heterocycles. The zero-order chi connectivity index (χ0) is 14.4. The van der Waals surface area contributed by atoms with Crippen LogP contribution in [0.1, 0.15) is 38.8 Å². The fraction of sp³-hybridized carbons (Fsp3) is 0.647. The number of nitrogens with zero attached hydrogens (tertiary/aromatic N) is 1. The van der Waals surface area contributed by atoms with Crippen molar-refractivity contribution in [2.24, 2.45) is 0 Å². The normalized spacial score (nSPS) is 22.1. The van der Waals surface area contributed by atoms with E-state index in [1.165, 1.54) is 5.56 Å². The first-order valence-electron chi connectivity index (χ1n) is 7.84. The van der Waals surface area contributed by atoms with Crippen molar-refractivity contribution in [2.45, 2.75) is 45.4 Å². The summed E-state index contributed by atoms with van der Waals surface area (Å²) in [6, 6.07) is 11.8. The van der Waals surface area contributed by atoms with Gasteiger partial charge in [-0.15, -0.1) is 0 Å². The van der Waals surface area contributed by atoms with Gasteiger partial charge in [0.1, 0.15) is 0 Å². The number of rotatable bonds is 6. The monoisotopic (exact) mass is 276 g/mol. The minimum atomic E-state index is 0.383. The third kappa shape index (κ3) is 4.30. The number of hydrogen-bond acceptors (Lipinski definition) is 3. The van der Waals surface area contributed by atoms with Crippen LogP contribution >= 0.6 is 0 Å². The van der Waals surface area contributed by atoms with Crippen LogP contribution in [0.5, 0.6) is 0 Å². The Morgan fingerprint density at radius 3 is 2.70 bits per heavy atom. The lowest BCUT2D eigenvalue weighted by Gasteiger charge is -2.38. The Kier molecular flexibility index (Phi) is 6.02. The van der Waals surface area contributed by atoms with Crippen molar-refractivity contribution in [3.8, 4) is 0 Å². The number of nitrogens with one attached hydrogen (secondary N) is 1. The molecule has 0 spiro atoms. The molecule has 0 bridgehead atoms. The maximum atomic E-state index is 5.81. The van der Waals surface area contributed by atoms with Gasteiger partial charge in [-0.3, -0.25) is 4.90 Å². The second kappa shape index (κ2) is 7.77. The van der Waals surface area contributed by atoms with Gasteiger partial charge >= 0.3 is 0 Å². The summed E-state index contributed by atoms with van der Waals surface area (Å²) in [5.74, 6) is 0. The van der Waals surface area contributed by atoms with E-state index in [4.69, 9.17) is 4.74 Å². The van der Waals surface area contributed by atoms with E-state index in [0.717, 1.165) is 32.7 Å². The summed E-state index contributed by atoms with van der Waals surface area (Å²) < 4.78 is 5.81. The van der Waals surface area contributed by atoms with Crippen LogP contribution in [0.3, 0.4) is 0 Å². The molecule has 112 valence electrons. The Labute approximate surface area is 123 Å². The molecule has 2 unspecified atom stereocenters. The predicted octanol–water partition coefficient (Wildman–Crippen LogP) is 2.84. The van der Waals surface area contributed by atoms with Gasteiger partial charge < -0.3 is 10.1 Å². The average molecular weight is 276 g/mol. The minimum Gasteiger partial charge on any atom is -0.376 e. The second-order valence-electron chi connectivity index (χ2n) is 5.89. The van der Waals surface area contributed by atoms with Gasteiger partial charge in [0.15, 0.2) is 0 Å². The molecule has 1 N–H and O–H groups in total. The molecule has 0 saturated carbocycles. The topological polar surface area (TPSA) is 24.5 Å². The maximum Gasteiger partial charge on any atom is 0.0700 e. The average Bonchev–Trinajstić information content (AvgIpc) is 2.48. The molecule has 1 aliphatic heterocycles. The zero-order valence-corrected chi connectivity index (χ0v) is 13.0. The molecule has 0 aromatic heterocycles. The van der Waals surface area contributed by atoms with Crippen LogP contribution in [0.2, 0.25) is 0 Å². The Balaban J connectivity index is 2.09. The van der Waals surface area contributed by atoms with Gasteiger partial charge in [-0.1, -0.05) is 51.1 Å². The molecule has 3 nitrogen and oxygen atoms in total. The fourth-order valence-electron chi connectivity index (χ4n) is 2.75. The van der Waals surface area contributed by atoms with E-state index in [1.54, 1.807) is 0 Å². The van der Waals surface area contributed by atoms with Crippen molar-refractivity contribution in [3.63, 3.8) is 0 Å². The van der Waals surface area contributed by atoms with Crippen molar-refractivity contribution in [3.05, 3.63) is 35.9 Å². The Morgan fingerprint density at radius 2 is 2.05 bits per heavy atom. The van der Waals surface area contributed by atoms with Crippen LogP contribution in [0.15, 0.2) is 30.3 Å². The number of morpholine rings is 1. The molecule has 1 aromatic rings. The molecule has 0 amide bonds. The first-order chi connectivity index (χ1) is 9.70. The van der Waals surface area contributed by atoms with Gasteiger partial charge in [0.25, 0.3) is 0 Å². The highest BCUT2D eigenvalue weighted by molar-refractivity contribution is 5.19. The summed E-state index contributed by atoms with van der Waals surface area (Å²) in [6.45, 7) is 10.5. The van der Waals surface area contributed by atoms with Crippen LogP contribution in [0.4, 0.5) is 0 Å². The third-order valence-corrected chi connectivity index (χ3v) is 3.97. The molecule has 1 aliphatic rings.